The zero-order chi connectivity index (χ0) is 23.8. The van der Waals surface area contributed by atoms with Crippen molar-refractivity contribution in [2.24, 2.45) is 0 Å². The van der Waals surface area contributed by atoms with E-state index < -0.39 is 28.3 Å². The van der Waals surface area contributed by atoms with Crippen molar-refractivity contribution in [2.45, 2.75) is 49.0 Å². The number of rotatable bonds is 10. The minimum Gasteiger partial charge on any atom is -0.497 e. The third kappa shape index (κ3) is 6.91. The van der Waals surface area contributed by atoms with E-state index in [9.17, 15) is 18.3 Å². The molecule has 9 nitrogen and oxygen atoms in total. The van der Waals surface area contributed by atoms with Crippen molar-refractivity contribution in [2.75, 3.05) is 20.8 Å². The Balaban J connectivity index is 1.52. The Bertz CT molecular complexity index is 1030. The first-order chi connectivity index (χ1) is 15.8. The summed E-state index contributed by atoms with van der Waals surface area (Å²) in [5.74, 6) is 0.993. The van der Waals surface area contributed by atoms with Crippen molar-refractivity contribution in [3.8, 4) is 11.5 Å². The molecule has 0 saturated carbocycles. The SMILES string of the molecule is COc1ccc(CNC(=O)C[C@H]2CC[C@@H](NS(=O)(=O)c3cccc(OC)c3)[C@@H](CO)O2)cc1. The van der Waals surface area contributed by atoms with E-state index in [1.165, 1.54) is 19.2 Å². The molecule has 1 aliphatic heterocycles. The van der Waals surface area contributed by atoms with Gasteiger partial charge in [0.15, 0.2) is 0 Å². The summed E-state index contributed by atoms with van der Waals surface area (Å²) in [7, 11) is -0.776. The molecule has 3 atom stereocenters. The van der Waals surface area contributed by atoms with Crippen LogP contribution in [0.1, 0.15) is 24.8 Å². The van der Waals surface area contributed by atoms with Crippen molar-refractivity contribution in [1.29, 1.82) is 0 Å². The lowest BCUT2D eigenvalue weighted by atomic mass is 9.98. The molecule has 0 aromatic heterocycles. The second-order valence-electron chi connectivity index (χ2n) is 7.79. The predicted octanol–water partition coefficient (Wildman–Crippen LogP) is 1.60. The van der Waals surface area contributed by atoms with Crippen LogP contribution in [0.15, 0.2) is 53.4 Å². The van der Waals surface area contributed by atoms with E-state index in [2.05, 4.69) is 10.0 Å². The van der Waals surface area contributed by atoms with Crippen molar-refractivity contribution >= 4 is 15.9 Å². The first kappa shape index (κ1) is 25.0. The summed E-state index contributed by atoms with van der Waals surface area (Å²) in [4.78, 5) is 12.4. The highest BCUT2D eigenvalue weighted by Gasteiger charge is 2.34. The lowest BCUT2D eigenvalue weighted by Crippen LogP contribution is -2.51. The molecule has 0 spiro atoms. The van der Waals surface area contributed by atoms with Gasteiger partial charge in [-0.15, -0.1) is 0 Å². The quantitative estimate of drug-likeness (QED) is 0.474. The zero-order valence-corrected chi connectivity index (χ0v) is 19.5. The lowest BCUT2D eigenvalue weighted by Gasteiger charge is -2.35. The van der Waals surface area contributed by atoms with Crippen LogP contribution in [0, 0.1) is 0 Å². The van der Waals surface area contributed by atoms with Crippen LogP contribution in [0.3, 0.4) is 0 Å². The number of amides is 1. The van der Waals surface area contributed by atoms with Gasteiger partial charge in [0.1, 0.15) is 11.5 Å². The highest BCUT2D eigenvalue weighted by Crippen LogP contribution is 2.24. The molecular weight excluding hydrogens is 448 g/mol. The molecule has 180 valence electrons. The first-order valence-corrected chi connectivity index (χ1v) is 12.1. The van der Waals surface area contributed by atoms with E-state index in [4.69, 9.17) is 14.2 Å². The number of nitrogens with one attached hydrogen (secondary N) is 2. The Hall–Kier alpha value is -2.66. The topological polar surface area (TPSA) is 123 Å². The normalized spacial score (nSPS) is 20.8. The molecule has 2 aromatic carbocycles. The Labute approximate surface area is 194 Å². The first-order valence-electron chi connectivity index (χ1n) is 10.7. The smallest absolute Gasteiger partial charge is 0.241 e. The molecule has 0 bridgehead atoms. The number of carbonyl (C=O) groups is 1. The molecule has 1 heterocycles. The number of aliphatic hydroxyl groups is 1. The molecule has 33 heavy (non-hydrogen) atoms. The summed E-state index contributed by atoms with van der Waals surface area (Å²) in [6, 6.07) is 12.9. The minimum absolute atomic E-state index is 0.0681. The number of carbonyl (C=O) groups excluding carboxylic acids is 1. The average molecular weight is 479 g/mol. The highest BCUT2D eigenvalue weighted by molar-refractivity contribution is 7.89. The number of benzene rings is 2. The summed E-state index contributed by atoms with van der Waals surface area (Å²) in [6.45, 7) is 0.0111. The summed E-state index contributed by atoms with van der Waals surface area (Å²) >= 11 is 0. The molecule has 1 amide bonds. The molecule has 1 saturated heterocycles. The van der Waals surface area contributed by atoms with Crippen molar-refractivity contribution in [3.63, 3.8) is 0 Å². The van der Waals surface area contributed by atoms with Gasteiger partial charge in [0.05, 0.1) is 50.4 Å². The molecule has 2 aromatic rings. The number of aliphatic hydroxyl groups excluding tert-OH is 1. The Kier molecular flexibility index (Phi) is 8.67. The second-order valence-corrected chi connectivity index (χ2v) is 9.51. The van der Waals surface area contributed by atoms with E-state index in [-0.39, 0.29) is 23.8 Å². The number of ether oxygens (including phenoxy) is 3. The van der Waals surface area contributed by atoms with Crippen LogP contribution in [0.4, 0.5) is 0 Å². The molecule has 0 radical (unpaired) electrons. The number of sulfonamides is 1. The predicted molar refractivity (Wildman–Crippen MR) is 122 cm³/mol. The molecule has 10 heteroatoms. The molecule has 0 unspecified atom stereocenters. The fraction of sp³-hybridized carbons (Fsp3) is 0.435. The van der Waals surface area contributed by atoms with Crippen LogP contribution >= 0.6 is 0 Å². The number of hydrogen-bond donors (Lipinski definition) is 3. The van der Waals surface area contributed by atoms with Gasteiger partial charge >= 0.3 is 0 Å². The van der Waals surface area contributed by atoms with Gasteiger partial charge in [-0.2, -0.15) is 0 Å². The van der Waals surface area contributed by atoms with Crippen LogP contribution in [-0.4, -0.2) is 58.5 Å². The van der Waals surface area contributed by atoms with Gasteiger partial charge in [-0.05, 0) is 42.7 Å². The standard InChI is InChI=1S/C23H30N2O7S/c1-30-17-8-6-16(7-9-17)14-24-23(27)13-19-10-11-21(22(15-26)32-19)25-33(28,29)20-5-3-4-18(12-20)31-2/h3-9,12,19,21-22,25-26H,10-11,13-15H2,1-2H3,(H,24,27)/t19-,21-,22-/m1/s1. The van der Waals surface area contributed by atoms with E-state index in [0.717, 1.165) is 11.3 Å². The van der Waals surface area contributed by atoms with E-state index in [1.807, 2.05) is 24.3 Å². The third-order valence-electron chi connectivity index (χ3n) is 5.52. The summed E-state index contributed by atoms with van der Waals surface area (Å²) in [5, 5.41) is 12.6. The molecular formula is C23H30N2O7S. The average Bonchev–Trinajstić information content (AvgIpc) is 2.83. The monoisotopic (exact) mass is 478 g/mol. The van der Waals surface area contributed by atoms with Crippen molar-refractivity contribution in [3.05, 3.63) is 54.1 Å². The fourth-order valence-electron chi connectivity index (χ4n) is 3.68. The van der Waals surface area contributed by atoms with Crippen LogP contribution < -0.4 is 19.5 Å². The number of hydrogen-bond acceptors (Lipinski definition) is 7. The minimum atomic E-state index is -3.83. The highest BCUT2D eigenvalue weighted by atomic mass is 32.2. The molecule has 1 fully saturated rings. The Morgan fingerprint density at radius 1 is 1.09 bits per heavy atom. The van der Waals surface area contributed by atoms with E-state index in [0.29, 0.717) is 25.1 Å². The third-order valence-corrected chi connectivity index (χ3v) is 7.00. The van der Waals surface area contributed by atoms with Crippen molar-refractivity contribution in [1.82, 2.24) is 10.0 Å². The second kappa shape index (κ2) is 11.5. The van der Waals surface area contributed by atoms with Gasteiger partial charge in [0.25, 0.3) is 0 Å². The Morgan fingerprint density at radius 3 is 2.48 bits per heavy atom. The van der Waals surface area contributed by atoms with Crippen molar-refractivity contribution < 1.29 is 32.5 Å². The van der Waals surface area contributed by atoms with Crippen LogP contribution in [0.25, 0.3) is 0 Å². The fourth-order valence-corrected chi connectivity index (χ4v) is 5.01. The number of methoxy groups -OCH3 is 2. The van der Waals surface area contributed by atoms with Gasteiger partial charge < -0.3 is 24.6 Å². The summed E-state index contributed by atoms with van der Waals surface area (Å²) in [6.07, 6.45) is -0.112. The molecule has 0 aliphatic carbocycles. The van der Waals surface area contributed by atoms with Gasteiger partial charge in [0, 0.05) is 12.6 Å². The largest absolute Gasteiger partial charge is 0.497 e. The van der Waals surface area contributed by atoms with Gasteiger partial charge in [0.2, 0.25) is 15.9 Å². The zero-order valence-electron chi connectivity index (χ0n) is 18.7. The Morgan fingerprint density at radius 2 is 1.82 bits per heavy atom. The van der Waals surface area contributed by atoms with E-state index in [1.54, 1.807) is 19.2 Å². The van der Waals surface area contributed by atoms with Crippen LogP contribution in [-0.2, 0) is 26.1 Å². The summed E-state index contributed by atoms with van der Waals surface area (Å²) < 4.78 is 44.2. The maximum Gasteiger partial charge on any atom is 0.241 e. The van der Waals surface area contributed by atoms with Crippen LogP contribution in [0.5, 0.6) is 11.5 Å². The van der Waals surface area contributed by atoms with E-state index >= 15 is 0 Å². The lowest BCUT2D eigenvalue weighted by molar-refractivity contribution is -0.130. The molecule has 3 N–H and O–H groups in total. The molecule has 1 aliphatic rings. The van der Waals surface area contributed by atoms with Crippen LogP contribution in [0.2, 0.25) is 0 Å². The summed E-state index contributed by atoms with van der Waals surface area (Å²) in [5.41, 5.74) is 0.939. The van der Waals surface area contributed by atoms with Gasteiger partial charge in [-0.3, -0.25) is 4.79 Å². The molecule has 3 rings (SSSR count). The maximum atomic E-state index is 12.8. The maximum absolute atomic E-state index is 12.8. The van der Waals surface area contributed by atoms with Gasteiger partial charge in [-0.1, -0.05) is 18.2 Å². The van der Waals surface area contributed by atoms with Gasteiger partial charge in [-0.25, -0.2) is 13.1 Å².